The van der Waals surface area contributed by atoms with E-state index < -0.39 is 11.6 Å². The zero-order valence-electron chi connectivity index (χ0n) is 5.13. The van der Waals surface area contributed by atoms with E-state index in [0.717, 1.165) is 0 Å². The van der Waals surface area contributed by atoms with Gasteiger partial charge in [-0.3, -0.25) is 16.3 Å². The summed E-state index contributed by atoms with van der Waals surface area (Å²) in [6.07, 6.45) is 0. The maximum Gasteiger partial charge on any atom is 0.281 e. The molecule has 0 spiro atoms. The van der Waals surface area contributed by atoms with Crippen molar-refractivity contribution < 1.29 is 9.53 Å². The smallest absolute Gasteiger partial charge is 0.281 e. The second kappa shape index (κ2) is 1.61. The fourth-order valence-corrected chi connectivity index (χ4v) is 0.606. The molecule has 0 aliphatic carbocycles. The van der Waals surface area contributed by atoms with Crippen molar-refractivity contribution in [3.05, 3.63) is 11.6 Å². The molecule has 1 heterocycles. The highest BCUT2D eigenvalue weighted by atomic mass is 16.5. The number of rotatable bonds is 0. The molecule has 1 aliphatic heterocycles. The average Bonchev–Trinajstić information content (AvgIpc) is 1.95. The third kappa shape index (κ3) is 0.703. The van der Waals surface area contributed by atoms with Crippen molar-refractivity contribution in [3.63, 3.8) is 0 Å². The van der Waals surface area contributed by atoms with E-state index in [1.54, 1.807) is 0 Å². The predicted molar refractivity (Wildman–Crippen MR) is 32.6 cm³/mol. The summed E-state index contributed by atoms with van der Waals surface area (Å²) in [7, 11) is 0. The van der Waals surface area contributed by atoms with Crippen molar-refractivity contribution in [1.82, 2.24) is 0 Å². The van der Waals surface area contributed by atoms with E-state index in [9.17, 15) is 4.79 Å². The highest BCUT2D eigenvalue weighted by Crippen LogP contribution is 2.15. The number of carbonyl (C=O) groups is 1. The van der Waals surface area contributed by atoms with Crippen LogP contribution < -0.4 is 22.9 Å². The van der Waals surface area contributed by atoms with Crippen LogP contribution in [0.25, 0.3) is 0 Å². The molecule has 0 fully saturated rings. The minimum Gasteiger partial charge on any atom is -0.435 e. The fraction of sp³-hybridized carbons (Fsp3) is 0.250. The molecule has 6 heteroatoms. The van der Waals surface area contributed by atoms with E-state index in [2.05, 4.69) is 4.74 Å². The fourth-order valence-electron chi connectivity index (χ4n) is 0.606. The van der Waals surface area contributed by atoms with Crippen LogP contribution >= 0.6 is 0 Å². The van der Waals surface area contributed by atoms with Gasteiger partial charge in [0.15, 0.2) is 0 Å². The SMILES string of the molecule is NC1=C(N)C(=O)C(N)(N)O1. The van der Waals surface area contributed by atoms with Crippen molar-refractivity contribution in [3.8, 4) is 0 Å². The molecule has 0 saturated heterocycles. The molecule has 0 saturated carbocycles. The Morgan fingerprint density at radius 2 is 1.80 bits per heavy atom. The molecule has 56 valence electrons. The highest BCUT2D eigenvalue weighted by molar-refractivity contribution is 6.02. The van der Waals surface area contributed by atoms with E-state index in [-0.39, 0.29) is 11.6 Å². The molecule has 0 bridgehead atoms. The first kappa shape index (κ1) is 6.84. The maximum atomic E-state index is 10.8. The molecule has 0 aromatic rings. The van der Waals surface area contributed by atoms with Gasteiger partial charge in [0.1, 0.15) is 5.70 Å². The summed E-state index contributed by atoms with van der Waals surface area (Å²) in [5.74, 6) is -2.77. The first-order valence-corrected chi connectivity index (χ1v) is 2.52. The molecule has 10 heavy (non-hydrogen) atoms. The van der Waals surface area contributed by atoms with Crippen LogP contribution in [0.2, 0.25) is 0 Å². The van der Waals surface area contributed by atoms with Crippen LogP contribution in [0.15, 0.2) is 11.6 Å². The molecule has 1 aliphatic rings. The van der Waals surface area contributed by atoms with E-state index in [1.807, 2.05) is 0 Å². The van der Waals surface area contributed by atoms with Gasteiger partial charge in [0.25, 0.3) is 11.6 Å². The molecule has 0 unspecified atom stereocenters. The molecule has 0 atom stereocenters. The lowest BCUT2D eigenvalue weighted by Crippen LogP contribution is -2.56. The topological polar surface area (TPSA) is 130 Å². The predicted octanol–water partition coefficient (Wildman–Crippen LogP) is -2.76. The third-order valence-electron chi connectivity index (χ3n) is 1.14. The van der Waals surface area contributed by atoms with Crippen LogP contribution in [0.4, 0.5) is 0 Å². The van der Waals surface area contributed by atoms with Crippen LogP contribution in [0.1, 0.15) is 0 Å². The number of hydrogen-bond acceptors (Lipinski definition) is 6. The van der Waals surface area contributed by atoms with E-state index in [4.69, 9.17) is 22.9 Å². The van der Waals surface area contributed by atoms with Gasteiger partial charge in [-0.25, -0.2) is 0 Å². The largest absolute Gasteiger partial charge is 0.435 e. The van der Waals surface area contributed by atoms with E-state index in [0.29, 0.717) is 0 Å². The summed E-state index contributed by atoms with van der Waals surface area (Å²) in [6.45, 7) is 0. The number of hydrogen-bond donors (Lipinski definition) is 4. The molecule has 1 rings (SSSR count). The van der Waals surface area contributed by atoms with Gasteiger partial charge in [0.2, 0.25) is 5.88 Å². The number of nitrogens with two attached hydrogens (primary N) is 4. The van der Waals surface area contributed by atoms with Crippen molar-refractivity contribution in [2.24, 2.45) is 22.9 Å². The molecule has 6 nitrogen and oxygen atoms in total. The van der Waals surface area contributed by atoms with Crippen LogP contribution in [-0.2, 0) is 9.53 Å². The summed E-state index contributed by atoms with van der Waals surface area (Å²) in [6, 6.07) is 0. The quantitative estimate of drug-likeness (QED) is 0.272. The van der Waals surface area contributed by atoms with E-state index in [1.165, 1.54) is 0 Å². The second-order valence-corrected chi connectivity index (χ2v) is 2.00. The lowest BCUT2D eigenvalue weighted by molar-refractivity contribution is -0.129. The Hall–Kier alpha value is -1.27. The van der Waals surface area contributed by atoms with Gasteiger partial charge in [-0.15, -0.1) is 0 Å². The maximum absolute atomic E-state index is 10.8. The van der Waals surface area contributed by atoms with Gasteiger partial charge in [-0.05, 0) is 0 Å². The number of ether oxygens (including phenoxy) is 1. The first-order chi connectivity index (χ1) is 4.45. The highest BCUT2D eigenvalue weighted by Gasteiger charge is 2.41. The van der Waals surface area contributed by atoms with Crippen molar-refractivity contribution in [1.29, 1.82) is 0 Å². The summed E-state index contributed by atoms with van der Waals surface area (Å²) in [5.41, 5.74) is 20.2. The Morgan fingerprint density at radius 3 is 1.90 bits per heavy atom. The minimum absolute atomic E-state index is 0.213. The molecular formula is C4H8N4O2. The lowest BCUT2D eigenvalue weighted by atomic mass is 10.2. The molecule has 0 amide bonds. The summed E-state index contributed by atoms with van der Waals surface area (Å²) in [5, 5.41) is 0. The normalized spacial score (nSPS) is 23.2. The Balaban J connectivity index is 2.99. The third-order valence-corrected chi connectivity index (χ3v) is 1.14. The van der Waals surface area contributed by atoms with Gasteiger partial charge in [-0.2, -0.15) is 0 Å². The summed E-state index contributed by atoms with van der Waals surface area (Å²) < 4.78 is 4.51. The average molecular weight is 144 g/mol. The molecule has 8 N–H and O–H groups in total. The second-order valence-electron chi connectivity index (χ2n) is 2.00. The Labute approximate surface area is 56.8 Å². The molecule has 0 radical (unpaired) electrons. The van der Waals surface area contributed by atoms with Gasteiger partial charge >= 0.3 is 0 Å². The first-order valence-electron chi connectivity index (χ1n) is 2.52. The Bertz CT molecular complexity index is 219. The van der Waals surface area contributed by atoms with Crippen LogP contribution in [-0.4, -0.2) is 11.6 Å². The zero-order chi connectivity index (χ0) is 7.94. The Kier molecular flexibility index (Phi) is 1.10. The van der Waals surface area contributed by atoms with Gasteiger partial charge in [0, 0.05) is 0 Å². The van der Waals surface area contributed by atoms with Crippen LogP contribution in [0.3, 0.4) is 0 Å². The van der Waals surface area contributed by atoms with Gasteiger partial charge in [0.05, 0.1) is 0 Å². The Morgan fingerprint density at radius 1 is 1.30 bits per heavy atom. The number of Topliss-reactive ketones (excluding diaryl/α,β-unsaturated/α-hetero) is 1. The van der Waals surface area contributed by atoms with Crippen molar-refractivity contribution in [2.75, 3.05) is 0 Å². The monoisotopic (exact) mass is 144 g/mol. The minimum atomic E-state index is -1.87. The number of ketones is 1. The lowest BCUT2D eigenvalue weighted by Gasteiger charge is -2.14. The van der Waals surface area contributed by atoms with Crippen molar-refractivity contribution in [2.45, 2.75) is 5.85 Å². The zero-order valence-corrected chi connectivity index (χ0v) is 5.13. The molecule has 0 aromatic carbocycles. The number of carbonyl (C=O) groups excluding carboxylic acids is 1. The molecular weight excluding hydrogens is 136 g/mol. The van der Waals surface area contributed by atoms with Crippen LogP contribution in [0, 0.1) is 0 Å². The summed E-state index contributed by atoms with van der Waals surface area (Å²) >= 11 is 0. The van der Waals surface area contributed by atoms with E-state index >= 15 is 0 Å². The standard InChI is InChI=1S/C4H8N4O2/c5-1-2(9)4(7,8)10-3(1)6/h5-8H2. The van der Waals surface area contributed by atoms with Gasteiger partial charge < -0.3 is 16.2 Å². The summed E-state index contributed by atoms with van der Waals surface area (Å²) in [4.78, 5) is 10.8. The molecule has 0 aromatic heterocycles. The van der Waals surface area contributed by atoms with Crippen LogP contribution in [0.5, 0.6) is 0 Å². The van der Waals surface area contributed by atoms with Gasteiger partial charge in [-0.1, -0.05) is 0 Å². The van der Waals surface area contributed by atoms with Crippen molar-refractivity contribution >= 4 is 5.78 Å².